The summed E-state index contributed by atoms with van der Waals surface area (Å²) >= 11 is 0. The van der Waals surface area contributed by atoms with Crippen LogP contribution in [0.2, 0.25) is 0 Å². The van der Waals surface area contributed by atoms with Crippen molar-refractivity contribution in [3.05, 3.63) is 101 Å². The lowest BCUT2D eigenvalue weighted by Crippen LogP contribution is -2.38. The van der Waals surface area contributed by atoms with Gasteiger partial charge in [0.1, 0.15) is 24.9 Å². The Morgan fingerprint density at radius 2 is 1.60 bits per heavy atom. The maximum Gasteiger partial charge on any atom is 0.315 e. The molecule has 0 amide bonds. The van der Waals surface area contributed by atoms with E-state index in [1.807, 2.05) is 79.7 Å². The number of nitrogens with zero attached hydrogens (tertiary/aromatic N) is 1. The van der Waals surface area contributed by atoms with Gasteiger partial charge in [0, 0.05) is 42.0 Å². The summed E-state index contributed by atoms with van der Waals surface area (Å²) < 4.78 is 28.0. The van der Waals surface area contributed by atoms with Gasteiger partial charge in [-0.1, -0.05) is 54.6 Å². The molecule has 0 N–H and O–H groups in total. The highest BCUT2D eigenvalue weighted by Crippen LogP contribution is 2.49. The number of Topliss-reactive ketones (excluding diaryl/α,β-unsaturated/α-hetero) is 1. The molecular weight excluding hydrogens is 546 g/mol. The lowest BCUT2D eigenvalue weighted by atomic mass is 9.69. The molecule has 43 heavy (non-hydrogen) atoms. The Bertz CT molecular complexity index is 1530. The van der Waals surface area contributed by atoms with Crippen molar-refractivity contribution in [2.45, 2.75) is 38.2 Å². The molecule has 3 aromatic rings. The van der Waals surface area contributed by atoms with Crippen molar-refractivity contribution >= 4 is 17.5 Å². The number of ether oxygens (including phenoxy) is 5. The van der Waals surface area contributed by atoms with Crippen LogP contribution in [0.15, 0.2) is 89.1 Å². The number of para-hydroxylation sites is 1. The van der Waals surface area contributed by atoms with Crippen LogP contribution >= 0.6 is 0 Å². The highest BCUT2D eigenvalue weighted by atomic mass is 16.6. The zero-order chi connectivity index (χ0) is 30.3. The SMILES string of the molecule is COCCOC(=O)C1C(C)=NC2=C(C(=O)C[C@H](c3ccc(OC)c(OC)c3)C2)[C@H]1c1ccccc1OCc1ccccc1. The Morgan fingerprint density at radius 3 is 2.35 bits per heavy atom. The van der Waals surface area contributed by atoms with Crippen LogP contribution < -0.4 is 14.2 Å². The van der Waals surface area contributed by atoms with E-state index in [9.17, 15) is 9.59 Å². The highest BCUT2D eigenvalue weighted by Gasteiger charge is 2.45. The topological polar surface area (TPSA) is 92.7 Å². The minimum Gasteiger partial charge on any atom is -0.493 e. The van der Waals surface area contributed by atoms with Gasteiger partial charge in [0.15, 0.2) is 17.3 Å². The molecule has 8 nitrogen and oxygen atoms in total. The summed E-state index contributed by atoms with van der Waals surface area (Å²) in [5.74, 6) is -0.122. The van der Waals surface area contributed by atoms with Crippen molar-refractivity contribution < 1.29 is 33.3 Å². The average molecular weight is 584 g/mol. The van der Waals surface area contributed by atoms with E-state index < -0.39 is 17.8 Å². The predicted octanol–water partition coefficient (Wildman–Crippen LogP) is 6.05. The molecule has 0 bridgehead atoms. The molecule has 5 rings (SSSR count). The van der Waals surface area contributed by atoms with E-state index in [0.717, 1.165) is 16.7 Å². The number of hydrogen-bond acceptors (Lipinski definition) is 8. The van der Waals surface area contributed by atoms with Crippen LogP contribution in [0.4, 0.5) is 0 Å². The summed E-state index contributed by atoms with van der Waals surface area (Å²) in [7, 11) is 4.74. The van der Waals surface area contributed by atoms with Gasteiger partial charge in [-0.3, -0.25) is 14.6 Å². The molecule has 1 aliphatic carbocycles. The maximum atomic E-state index is 14.1. The normalized spacial score (nSPS) is 19.8. The van der Waals surface area contributed by atoms with E-state index in [-0.39, 0.29) is 31.3 Å². The number of aliphatic imine (C=N–C) groups is 1. The number of methoxy groups -OCH3 is 3. The third-order valence-electron chi connectivity index (χ3n) is 8.04. The second kappa shape index (κ2) is 13.7. The van der Waals surface area contributed by atoms with E-state index in [4.69, 9.17) is 28.7 Å². The Balaban J connectivity index is 1.54. The molecule has 0 saturated carbocycles. The van der Waals surface area contributed by atoms with E-state index in [2.05, 4.69) is 0 Å². The summed E-state index contributed by atoms with van der Waals surface area (Å²) in [6.07, 6.45) is 0.820. The first-order valence-electron chi connectivity index (χ1n) is 14.4. The van der Waals surface area contributed by atoms with Crippen LogP contribution in [0.25, 0.3) is 0 Å². The summed E-state index contributed by atoms with van der Waals surface area (Å²) in [6.45, 7) is 2.56. The third-order valence-corrected chi connectivity index (χ3v) is 8.04. The van der Waals surface area contributed by atoms with Crippen molar-refractivity contribution in [1.29, 1.82) is 0 Å². The number of esters is 1. The molecule has 0 aromatic heterocycles. The largest absolute Gasteiger partial charge is 0.493 e. The lowest BCUT2D eigenvalue weighted by Gasteiger charge is -2.37. The molecule has 3 aromatic carbocycles. The van der Waals surface area contributed by atoms with Crippen molar-refractivity contribution in [3.63, 3.8) is 0 Å². The van der Waals surface area contributed by atoms with E-state index in [1.54, 1.807) is 21.3 Å². The first-order valence-corrected chi connectivity index (χ1v) is 14.4. The number of carbonyl (C=O) groups excluding carboxylic acids is 2. The first kappa shape index (κ1) is 30.0. The lowest BCUT2D eigenvalue weighted by molar-refractivity contribution is -0.147. The second-order valence-electron chi connectivity index (χ2n) is 10.7. The smallest absolute Gasteiger partial charge is 0.315 e. The van der Waals surface area contributed by atoms with Gasteiger partial charge in [0.25, 0.3) is 0 Å². The van der Waals surface area contributed by atoms with Crippen LogP contribution in [-0.4, -0.2) is 52.0 Å². The Labute approximate surface area is 252 Å². The Kier molecular flexibility index (Phi) is 9.57. The van der Waals surface area contributed by atoms with Crippen LogP contribution in [0.5, 0.6) is 17.2 Å². The van der Waals surface area contributed by atoms with Crippen LogP contribution in [0, 0.1) is 5.92 Å². The number of benzene rings is 3. The summed E-state index contributed by atoms with van der Waals surface area (Å²) in [5.41, 5.74) is 4.58. The Hall–Kier alpha value is -4.43. The van der Waals surface area contributed by atoms with Crippen molar-refractivity contribution in [3.8, 4) is 17.2 Å². The van der Waals surface area contributed by atoms with Gasteiger partial charge in [-0.05, 0) is 48.6 Å². The van der Waals surface area contributed by atoms with E-state index in [0.29, 0.717) is 47.3 Å². The molecule has 224 valence electrons. The van der Waals surface area contributed by atoms with Crippen LogP contribution in [0.3, 0.4) is 0 Å². The number of hydrogen-bond donors (Lipinski definition) is 0. The monoisotopic (exact) mass is 583 g/mol. The molecule has 3 atom stereocenters. The number of ketones is 1. The Morgan fingerprint density at radius 1 is 0.860 bits per heavy atom. The highest BCUT2D eigenvalue weighted by molar-refractivity contribution is 6.09. The van der Waals surface area contributed by atoms with Gasteiger partial charge in [-0.2, -0.15) is 0 Å². The van der Waals surface area contributed by atoms with E-state index >= 15 is 0 Å². The fourth-order valence-corrected chi connectivity index (χ4v) is 5.96. The standard InChI is InChI=1S/C35H37NO7/c1-22-32(35(38)42-17-16-39-2)33(26-12-8-9-13-29(26)43-21-23-10-6-5-7-11-23)34-27(36-22)18-25(19-28(34)37)24-14-15-30(40-3)31(20-24)41-4/h5-15,20,25,32-33H,16-19,21H2,1-4H3/t25-,32?,33+/m1/s1. The zero-order valence-electron chi connectivity index (χ0n) is 25.0. The fraction of sp³-hybridized carbons (Fsp3) is 0.343. The number of allylic oxidation sites excluding steroid dienone is 2. The third kappa shape index (κ3) is 6.49. The maximum absolute atomic E-state index is 14.1. The molecule has 8 heteroatoms. The second-order valence-corrected chi connectivity index (χ2v) is 10.7. The average Bonchev–Trinajstić information content (AvgIpc) is 3.03. The molecule has 0 saturated heterocycles. The van der Waals surface area contributed by atoms with Gasteiger partial charge in [-0.25, -0.2) is 0 Å². The predicted molar refractivity (Wildman–Crippen MR) is 163 cm³/mol. The van der Waals surface area contributed by atoms with E-state index in [1.165, 1.54) is 0 Å². The molecule has 2 aliphatic rings. The van der Waals surface area contributed by atoms with Gasteiger partial charge in [-0.15, -0.1) is 0 Å². The first-order chi connectivity index (χ1) is 20.9. The quantitative estimate of drug-likeness (QED) is 0.201. The molecule has 0 spiro atoms. The minimum absolute atomic E-state index is 0.0464. The number of carbonyl (C=O) groups is 2. The van der Waals surface area contributed by atoms with Gasteiger partial charge >= 0.3 is 5.97 Å². The molecule has 0 radical (unpaired) electrons. The van der Waals surface area contributed by atoms with Gasteiger partial charge < -0.3 is 23.7 Å². The molecular formula is C35H37NO7. The molecule has 1 aliphatic heterocycles. The van der Waals surface area contributed by atoms with Crippen molar-refractivity contribution in [2.75, 3.05) is 34.5 Å². The summed E-state index contributed by atoms with van der Waals surface area (Å²) in [6, 6.07) is 23.2. The summed E-state index contributed by atoms with van der Waals surface area (Å²) in [5, 5.41) is 0. The molecule has 1 heterocycles. The van der Waals surface area contributed by atoms with Crippen molar-refractivity contribution in [2.24, 2.45) is 10.9 Å². The van der Waals surface area contributed by atoms with Gasteiger partial charge in [0.2, 0.25) is 0 Å². The number of rotatable bonds is 11. The fourth-order valence-electron chi connectivity index (χ4n) is 5.96. The van der Waals surface area contributed by atoms with Crippen molar-refractivity contribution in [1.82, 2.24) is 0 Å². The van der Waals surface area contributed by atoms with Crippen LogP contribution in [-0.2, 0) is 25.7 Å². The van der Waals surface area contributed by atoms with Gasteiger partial charge in [0.05, 0.1) is 20.8 Å². The molecule has 0 fully saturated rings. The summed E-state index contributed by atoms with van der Waals surface area (Å²) in [4.78, 5) is 32.6. The zero-order valence-corrected chi connectivity index (χ0v) is 25.0. The van der Waals surface area contributed by atoms with Crippen LogP contribution in [0.1, 0.15) is 48.3 Å². The molecule has 1 unspecified atom stereocenters. The minimum atomic E-state index is -0.779.